The Balaban J connectivity index is 1.98. The van der Waals surface area contributed by atoms with Crippen LogP contribution in [0.15, 0.2) is 24.3 Å². The summed E-state index contributed by atoms with van der Waals surface area (Å²) >= 11 is 0. The van der Waals surface area contributed by atoms with E-state index in [1.807, 2.05) is 24.3 Å². The van der Waals surface area contributed by atoms with E-state index in [1.165, 1.54) is 25.7 Å². The van der Waals surface area contributed by atoms with Gasteiger partial charge in [-0.3, -0.25) is 0 Å². The first kappa shape index (κ1) is 10.3. The molecule has 1 aromatic carbocycles. The molecule has 2 N–H and O–H groups in total. The van der Waals surface area contributed by atoms with Crippen molar-refractivity contribution < 1.29 is 4.74 Å². The molecule has 0 spiro atoms. The van der Waals surface area contributed by atoms with Crippen LogP contribution in [0.2, 0.25) is 0 Å². The fourth-order valence-electron chi connectivity index (χ4n) is 2.18. The van der Waals surface area contributed by atoms with E-state index in [1.54, 1.807) is 0 Å². The Morgan fingerprint density at radius 2 is 1.80 bits per heavy atom. The lowest BCUT2D eigenvalue weighted by atomic mass is 9.88. The fraction of sp³-hybridized carbons (Fsp3) is 0.538. The van der Waals surface area contributed by atoms with Gasteiger partial charge in [-0.15, -0.1) is 0 Å². The predicted octanol–water partition coefficient (Wildman–Crippen LogP) is 3.23. The molecule has 2 rings (SSSR count). The summed E-state index contributed by atoms with van der Waals surface area (Å²) in [7, 11) is 0. The van der Waals surface area contributed by atoms with E-state index in [-0.39, 0.29) is 0 Å². The zero-order valence-electron chi connectivity index (χ0n) is 9.28. The van der Waals surface area contributed by atoms with Crippen molar-refractivity contribution in [3.05, 3.63) is 24.3 Å². The normalized spacial score (nSPS) is 26.2. The molecule has 1 saturated carbocycles. The third-order valence-corrected chi connectivity index (χ3v) is 3.20. The van der Waals surface area contributed by atoms with Crippen molar-refractivity contribution in [1.82, 2.24) is 0 Å². The number of nitrogens with two attached hydrogens (primary N) is 1. The molecular weight excluding hydrogens is 186 g/mol. The van der Waals surface area contributed by atoms with Crippen LogP contribution in [0, 0.1) is 5.92 Å². The Bertz CT molecular complexity index is 307. The number of nitrogen functional groups attached to an aromatic ring is 1. The van der Waals surface area contributed by atoms with Gasteiger partial charge in [0, 0.05) is 5.69 Å². The van der Waals surface area contributed by atoms with Gasteiger partial charge >= 0.3 is 0 Å². The van der Waals surface area contributed by atoms with Gasteiger partial charge in [-0.1, -0.05) is 13.3 Å². The van der Waals surface area contributed by atoms with Crippen molar-refractivity contribution in [3.8, 4) is 5.75 Å². The Hall–Kier alpha value is -1.18. The van der Waals surface area contributed by atoms with Crippen LogP contribution >= 0.6 is 0 Å². The fourth-order valence-corrected chi connectivity index (χ4v) is 2.18. The third-order valence-electron chi connectivity index (χ3n) is 3.20. The molecule has 2 heteroatoms. The van der Waals surface area contributed by atoms with Gasteiger partial charge in [0.2, 0.25) is 0 Å². The summed E-state index contributed by atoms with van der Waals surface area (Å²) in [5, 5.41) is 0. The van der Waals surface area contributed by atoms with E-state index in [0.29, 0.717) is 12.0 Å². The molecule has 0 radical (unpaired) electrons. The minimum Gasteiger partial charge on any atom is -0.490 e. The molecule has 0 saturated heterocycles. The summed E-state index contributed by atoms with van der Waals surface area (Å²) in [5.74, 6) is 1.62. The maximum atomic E-state index is 5.97. The first-order valence-corrected chi connectivity index (χ1v) is 5.78. The van der Waals surface area contributed by atoms with Crippen LogP contribution < -0.4 is 10.5 Å². The SMILES string of the molecule is CC1CCCCC1Oc1ccc(N)cc1. The average Bonchev–Trinajstić information content (AvgIpc) is 2.25. The van der Waals surface area contributed by atoms with Gasteiger partial charge in [0.15, 0.2) is 0 Å². The minimum atomic E-state index is 0.391. The summed E-state index contributed by atoms with van der Waals surface area (Å²) in [5.41, 5.74) is 6.42. The standard InChI is InChI=1S/C13H19NO/c1-10-4-2-3-5-13(10)15-12-8-6-11(14)7-9-12/h6-10,13H,2-5,14H2,1H3. The highest BCUT2D eigenvalue weighted by Gasteiger charge is 2.22. The van der Waals surface area contributed by atoms with Gasteiger partial charge in [-0.2, -0.15) is 0 Å². The summed E-state index contributed by atoms with van der Waals surface area (Å²) < 4.78 is 5.97. The summed E-state index contributed by atoms with van der Waals surface area (Å²) in [4.78, 5) is 0. The van der Waals surface area contributed by atoms with Gasteiger partial charge in [-0.05, 0) is 49.4 Å². The van der Waals surface area contributed by atoms with E-state index < -0.39 is 0 Å². The maximum absolute atomic E-state index is 5.97. The van der Waals surface area contributed by atoms with Gasteiger partial charge in [-0.25, -0.2) is 0 Å². The van der Waals surface area contributed by atoms with Crippen LogP contribution in [-0.4, -0.2) is 6.10 Å². The van der Waals surface area contributed by atoms with Crippen molar-refractivity contribution in [2.45, 2.75) is 38.7 Å². The van der Waals surface area contributed by atoms with Crippen LogP contribution in [-0.2, 0) is 0 Å². The smallest absolute Gasteiger partial charge is 0.119 e. The van der Waals surface area contributed by atoms with Crippen LogP contribution in [0.1, 0.15) is 32.6 Å². The maximum Gasteiger partial charge on any atom is 0.119 e. The Morgan fingerprint density at radius 3 is 2.47 bits per heavy atom. The van der Waals surface area contributed by atoms with Gasteiger partial charge in [0.05, 0.1) is 0 Å². The van der Waals surface area contributed by atoms with E-state index in [9.17, 15) is 0 Å². The van der Waals surface area contributed by atoms with Gasteiger partial charge in [0.25, 0.3) is 0 Å². The number of ether oxygens (including phenoxy) is 1. The number of anilines is 1. The second-order valence-corrected chi connectivity index (χ2v) is 4.49. The van der Waals surface area contributed by atoms with E-state index in [0.717, 1.165) is 11.4 Å². The minimum absolute atomic E-state index is 0.391. The lowest BCUT2D eigenvalue weighted by Gasteiger charge is -2.29. The Labute approximate surface area is 91.4 Å². The zero-order valence-corrected chi connectivity index (χ0v) is 9.28. The molecule has 1 aromatic rings. The number of hydrogen-bond donors (Lipinski definition) is 1. The second kappa shape index (κ2) is 4.56. The highest BCUT2D eigenvalue weighted by molar-refractivity contribution is 5.41. The van der Waals surface area contributed by atoms with Crippen molar-refractivity contribution in [3.63, 3.8) is 0 Å². The summed E-state index contributed by atoms with van der Waals surface area (Å²) in [6, 6.07) is 7.69. The van der Waals surface area contributed by atoms with E-state index in [4.69, 9.17) is 10.5 Å². The highest BCUT2D eigenvalue weighted by atomic mass is 16.5. The summed E-state index contributed by atoms with van der Waals surface area (Å²) in [6.07, 6.45) is 5.51. The van der Waals surface area contributed by atoms with Crippen molar-refractivity contribution in [1.29, 1.82) is 0 Å². The molecule has 1 aliphatic rings. The molecule has 0 bridgehead atoms. The van der Waals surface area contributed by atoms with Gasteiger partial charge < -0.3 is 10.5 Å². The molecule has 2 atom stereocenters. The molecule has 82 valence electrons. The molecule has 0 aromatic heterocycles. The first-order valence-electron chi connectivity index (χ1n) is 5.78. The van der Waals surface area contributed by atoms with Crippen LogP contribution in [0.5, 0.6) is 5.75 Å². The van der Waals surface area contributed by atoms with E-state index in [2.05, 4.69) is 6.92 Å². The first-order chi connectivity index (χ1) is 7.25. The monoisotopic (exact) mass is 205 g/mol. The number of rotatable bonds is 2. The van der Waals surface area contributed by atoms with Crippen LogP contribution in [0.3, 0.4) is 0 Å². The number of benzene rings is 1. The van der Waals surface area contributed by atoms with E-state index >= 15 is 0 Å². The van der Waals surface area contributed by atoms with Crippen molar-refractivity contribution in [2.24, 2.45) is 5.92 Å². The quantitative estimate of drug-likeness (QED) is 0.752. The number of hydrogen-bond acceptors (Lipinski definition) is 2. The lowest BCUT2D eigenvalue weighted by Crippen LogP contribution is -2.28. The average molecular weight is 205 g/mol. The zero-order chi connectivity index (χ0) is 10.7. The highest BCUT2D eigenvalue weighted by Crippen LogP contribution is 2.28. The molecule has 15 heavy (non-hydrogen) atoms. The van der Waals surface area contributed by atoms with Crippen molar-refractivity contribution in [2.75, 3.05) is 5.73 Å². The van der Waals surface area contributed by atoms with Gasteiger partial charge in [0.1, 0.15) is 11.9 Å². The van der Waals surface area contributed by atoms with Crippen molar-refractivity contribution >= 4 is 5.69 Å². The largest absolute Gasteiger partial charge is 0.490 e. The Kier molecular flexibility index (Phi) is 3.14. The van der Waals surface area contributed by atoms with Crippen LogP contribution in [0.4, 0.5) is 5.69 Å². The molecule has 0 aliphatic heterocycles. The molecule has 2 unspecified atom stereocenters. The third kappa shape index (κ3) is 2.65. The predicted molar refractivity (Wildman–Crippen MR) is 62.9 cm³/mol. The summed E-state index contributed by atoms with van der Waals surface area (Å²) in [6.45, 7) is 2.28. The topological polar surface area (TPSA) is 35.2 Å². The molecule has 1 fully saturated rings. The lowest BCUT2D eigenvalue weighted by molar-refractivity contribution is 0.102. The molecule has 0 amide bonds. The molecular formula is C13H19NO. The molecule has 0 heterocycles. The second-order valence-electron chi connectivity index (χ2n) is 4.49. The molecule has 2 nitrogen and oxygen atoms in total. The Morgan fingerprint density at radius 1 is 1.13 bits per heavy atom. The van der Waals surface area contributed by atoms with Crippen LogP contribution in [0.25, 0.3) is 0 Å². The molecule has 1 aliphatic carbocycles.